The third-order valence-electron chi connectivity index (χ3n) is 5.54. The molecule has 4 rings (SSSR count). The van der Waals surface area contributed by atoms with Crippen molar-refractivity contribution in [2.45, 2.75) is 19.5 Å². The molecular weight excluding hydrogens is 457 g/mol. The SMILES string of the molecule is CCc1cc2cc(O)ccc2c(Oc2ccc(C=CC(=O)O)cc2)c1-c1cccc(C(F)(F)F)c1. The van der Waals surface area contributed by atoms with Gasteiger partial charge in [0.25, 0.3) is 0 Å². The molecule has 4 nitrogen and oxygen atoms in total. The van der Waals surface area contributed by atoms with Crippen molar-refractivity contribution in [2.75, 3.05) is 0 Å². The minimum atomic E-state index is -4.49. The summed E-state index contributed by atoms with van der Waals surface area (Å²) in [6.45, 7) is 1.90. The number of fused-ring (bicyclic) bond motifs is 1. The van der Waals surface area contributed by atoms with Crippen molar-refractivity contribution in [3.8, 4) is 28.4 Å². The van der Waals surface area contributed by atoms with Gasteiger partial charge in [0.2, 0.25) is 0 Å². The van der Waals surface area contributed by atoms with E-state index in [1.165, 1.54) is 18.2 Å². The van der Waals surface area contributed by atoms with Crippen LogP contribution in [0, 0.1) is 0 Å². The first-order valence-corrected chi connectivity index (χ1v) is 10.8. The van der Waals surface area contributed by atoms with E-state index in [9.17, 15) is 23.1 Å². The molecule has 0 aliphatic heterocycles. The standard InChI is InChI=1S/C28H21F3O4/c1-2-18-14-20-16-22(32)9-12-24(20)27(26(18)19-4-3-5-21(15-19)28(29,30)31)35-23-10-6-17(7-11-23)8-13-25(33)34/h3-16,32H,2H2,1H3,(H,33,34). The van der Waals surface area contributed by atoms with Crippen LogP contribution < -0.4 is 4.74 Å². The van der Waals surface area contributed by atoms with Gasteiger partial charge in [-0.3, -0.25) is 0 Å². The second kappa shape index (κ2) is 9.54. The first kappa shape index (κ1) is 23.9. The fourth-order valence-electron chi connectivity index (χ4n) is 3.90. The Hall–Kier alpha value is -4.26. The van der Waals surface area contributed by atoms with E-state index in [1.54, 1.807) is 42.5 Å². The van der Waals surface area contributed by atoms with Crippen molar-refractivity contribution in [1.29, 1.82) is 0 Å². The van der Waals surface area contributed by atoms with Gasteiger partial charge in [0.1, 0.15) is 17.2 Å². The molecule has 2 N–H and O–H groups in total. The lowest BCUT2D eigenvalue weighted by Crippen LogP contribution is -2.05. The van der Waals surface area contributed by atoms with Gasteiger partial charge in [-0.2, -0.15) is 13.2 Å². The number of aromatic hydroxyl groups is 1. The van der Waals surface area contributed by atoms with Crippen LogP contribution >= 0.6 is 0 Å². The average Bonchev–Trinajstić information content (AvgIpc) is 2.82. The number of ether oxygens (including phenoxy) is 1. The molecule has 178 valence electrons. The summed E-state index contributed by atoms with van der Waals surface area (Å²) < 4.78 is 46.6. The number of carboxylic acids is 1. The fourth-order valence-corrected chi connectivity index (χ4v) is 3.90. The molecule has 0 aliphatic carbocycles. The number of hydrogen-bond donors (Lipinski definition) is 2. The smallest absolute Gasteiger partial charge is 0.416 e. The highest BCUT2D eigenvalue weighted by molar-refractivity contribution is 5.98. The largest absolute Gasteiger partial charge is 0.508 e. The summed E-state index contributed by atoms with van der Waals surface area (Å²) in [6.07, 6.45) is -1.51. The van der Waals surface area contributed by atoms with Gasteiger partial charge in [-0.1, -0.05) is 37.3 Å². The summed E-state index contributed by atoms with van der Waals surface area (Å²) in [7, 11) is 0. The summed E-state index contributed by atoms with van der Waals surface area (Å²) in [6, 6.07) is 18.4. The fraction of sp³-hybridized carbons (Fsp3) is 0.107. The number of aryl methyl sites for hydroxylation is 1. The number of halogens is 3. The Morgan fingerprint density at radius 1 is 1.00 bits per heavy atom. The number of carboxylic acid groups (broad SMARTS) is 1. The van der Waals surface area contributed by atoms with Crippen LogP contribution in [0.25, 0.3) is 28.0 Å². The summed E-state index contributed by atoms with van der Waals surface area (Å²) in [4.78, 5) is 10.7. The van der Waals surface area contributed by atoms with Crippen LogP contribution in [0.5, 0.6) is 17.2 Å². The molecule has 0 amide bonds. The maximum Gasteiger partial charge on any atom is 0.416 e. The van der Waals surface area contributed by atoms with E-state index in [0.29, 0.717) is 45.4 Å². The second-order valence-electron chi connectivity index (χ2n) is 7.92. The van der Waals surface area contributed by atoms with E-state index in [-0.39, 0.29) is 5.75 Å². The summed E-state index contributed by atoms with van der Waals surface area (Å²) in [5.41, 5.74) is 1.55. The molecule has 0 fully saturated rings. The zero-order chi connectivity index (χ0) is 25.2. The minimum Gasteiger partial charge on any atom is -0.508 e. The third-order valence-corrected chi connectivity index (χ3v) is 5.54. The molecule has 0 unspecified atom stereocenters. The van der Waals surface area contributed by atoms with Crippen molar-refractivity contribution in [1.82, 2.24) is 0 Å². The van der Waals surface area contributed by atoms with Gasteiger partial charge in [0, 0.05) is 17.0 Å². The summed E-state index contributed by atoms with van der Waals surface area (Å²) in [5, 5.41) is 20.1. The van der Waals surface area contributed by atoms with E-state index < -0.39 is 17.7 Å². The van der Waals surface area contributed by atoms with Crippen LogP contribution in [0.4, 0.5) is 13.2 Å². The Bertz CT molecular complexity index is 1420. The average molecular weight is 478 g/mol. The van der Waals surface area contributed by atoms with Crippen LogP contribution in [0.2, 0.25) is 0 Å². The number of carbonyl (C=O) groups is 1. The molecule has 4 aromatic carbocycles. The minimum absolute atomic E-state index is 0.0619. The van der Waals surface area contributed by atoms with Gasteiger partial charge in [-0.05, 0) is 77.0 Å². The monoisotopic (exact) mass is 478 g/mol. The van der Waals surface area contributed by atoms with E-state index in [4.69, 9.17) is 9.84 Å². The predicted octanol–water partition coefficient (Wildman–Crippen LogP) is 7.68. The van der Waals surface area contributed by atoms with E-state index in [0.717, 1.165) is 23.8 Å². The zero-order valence-corrected chi connectivity index (χ0v) is 18.6. The van der Waals surface area contributed by atoms with Gasteiger partial charge < -0.3 is 14.9 Å². The van der Waals surface area contributed by atoms with Crippen molar-refractivity contribution in [3.63, 3.8) is 0 Å². The molecule has 0 spiro atoms. The Labute approximate surface area is 199 Å². The Morgan fingerprint density at radius 2 is 1.74 bits per heavy atom. The van der Waals surface area contributed by atoms with Crippen molar-refractivity contribution < 1.29 is 32.9 Å². The van der Waals surface area contributed by atoms with Crippen molar-refractivity contribution in [2.24, 2.45) is 0 Å². The zero-order valence-electron chi connectivity index (χ0n) is 18.6. The molecular formula is C28H21F3O4. The molecule has 0 aliphatic rings. The quantitative estimate of drug-likeness (QED) is 0.279. The summed E-state index contributed by atoms with van der Waals surface area (Å²) >= 11 is 0. The van der Waals surface area contributed by atoms with Crippen LogP contribution in [0.15, 0.2) is 78.9 Å². The number of phenolic OH excluding ortho intramolecular Hbond substituents is 1. The molecule has 7 heteroatoms. The lowest BCUT2D eigenvalue weighted by Gasteiger charge is -2.19. The third kappa shape index (κ3) is 5.30. The highest BCUT2D eigenvalue weighted by Gasteiger charge is 2.31. The molecule has 0 saturated carbocycles. The van der Waals surface area contributed by atoms with E-state index >= 15 is 0 Å². The number of alkyl halides is 3. The predicted molar refractivity (Wildman–Crippen MR) is 129 cm³/mol. The maximum atomic E-state index is 13.5. The Balaban J connectivity index is 1.90. The number of benzene rings is 4. The molecule has 4 aromatic rings. The van der Waals surface area contributed by atoms with E-state index in [1.807, 2.05) is 13.0 Å². The highest BCUT2D eigenvalue weighted by Crippen LogP contribution is 2.44. The van der Waals surface area contributed by atoms with Gasteiger partial charge in [-0.25, -0.2) is 4.79 Å². The molecule has 0 atom stereocenters. The second-order valence-corrected chi connectivity index (χ2v) is 7.92. The van der Waals surface area contributed by atoms with Gasteiger partial charge in [0.15, 0.2) is 0 Å². The first-order chi connectivity index (χ1) is 16.7. The number of hydrogen-bond acceptors (Lipinski definition) is 3. The van der Waals surface area contributed by atoms with E-state index in [2.05, 4.69) is 0 Å². The van der Waals surface area contributed by atoms with Gasteiger partial charge in [-0.15, -0.1) is 0 Å². The van der Waals surface area contributed by atoms with Crippen molar-refractivity contribution >= 4 is 22.8 Å². The molecule has 35 heavy (non-hydrogen) atoms. The van der Waals surface area contributed by atoms with Crippen LogP contribution in [0.3, 0.4) is 0 Å². The molecule has 0 heterocycles. The Morgan fingerprint density at radius 3 is 2.40 bits per heavy atom. The normalized spacial score (nSPS) is 11.8. The first-order valence-electron chi connectivity index (χ1n) is 10.8. The number of rotatable bonds is 6. The van der Waals surface area contributed by atoms with Crippen molar-refractivity contribution in [3.05, 3.63) is 95.6 Å². The Kier molecular flexibility index (Phi) is 6.51. The summed E-state index contributed by atoms with van der Waals surface area (Å²) in [5.74, 6) is -0.213. The molecule has 0 saturated heterocycles. The number of phenols is 1. The van der Waals surface area contributed by atoms with Gasteiger partial charge in [0.05, 0.1) is 5.56 Å². The maximum absolute atomic E-state index is 13.5. The lowest BCUT2D eigenvalue weighted by atomic mass is 9.91. The topological polar surface area (TPSA) is 66.8 Å². The van der Waals surface area contributed by atoms with Crippen LogP contribution in [-0.2, 0) is 17.4 Å². The molecule has 0 radical (unpaired) electrons. The van der Waals surface area contributed by atoms with Crippen LogP contribution in [0.1, 0.15) is 23.6 Å². The lowest BCUT2D eigenvalue weighted by molar-refractivity contribution is -0.137. The van der Waals surface area contributed by atoms with Crippen LogP contribution in [-0.4, -0.2) is 16.2 Å². The molecule has 0 aromatic heterocycles. The molecule has 0 bridgehead atoms. The number of aliphatic carboxylic acids is 1. The van der Waals surface area contributed by atoms with Gasteiger partial charge >= 0.3 is 12.1 Å². The highest BCUT2D eigenvalue weighted by atomic mass is 19.4.